The monoisotopic (exact) mass is 524 g/mol. The van der Waals surface area contributed by atoms with Crippen LogP contribution in [0, 0.1) is 24.2 Å². The number of carbonyl (C=O) groups excluding carboxylic acids is 1. The summed E-state index contributed by atoms with van der Waals surface area (Å²) in [6.45, 7) is 3.12. The molecule has 3 aromatic rings. The van der Waals surface area contributed by atoms with Gasteiger partial charge in [-0.1, -0.05) is 29.3 Å². The molecule has 2 aliphatic rings. The van der Waals surface area contributed by atoms with Gasteiger partial charge in [-0.25, -0.2) is 4.98 Å². The van der Waals surface area contributed by atoms with Gasteiger partial charge in [0.1, 0.15) is 0 Å². The van der Waals surface area contributed by atoms with E-state index in [2.05, 4.69) is 10.3 Å². The van der Waals surface area contributed by atoms with Crippen LogP contribution in [0.3, 0.4) is 0 Å². The molecular weight excluding hydrogens is 498 g/mol. The van der Waals surface area contributed by atoms with Crippen molar-refractivity contribution in [3.05, 3.63) is 86.9 Å². The zero-order valence-electron chi connectivity index (χ0n) is 20.0. The van der Waals surface area contributed by atoms with E-state index in [4.69, 9.17) is 28.6 Å². The minimum atomic E-state index is -0.537. The second-order valence-electron chi connectivity index (χ2n) is 9.62. The highest BCUT2D eigenvalue weighted by Crippen LogP contribution is 2.42. The molecular formula is C28H27Cl2FN4O. The quantitative estimate of drug-likeness (QED) is 0.328. The number of carbonyl (C=O) groups is 1. The van der Waals surface area contributed by atoms with Crippen LogP contribution in [-0.4, -0.2) is 28.2 Å². The van der Waals surface area contributed by atoms with Crippen molar-refractivity contribution in [3.8, 4) is 11.1 Å². The minimum Gasteiger partial charge on any atom is -0.356 e. The highest BCUT2D eigenvalue weighted by atomic mass is 35.5. The fourth-order valence-electron chi connectivity index (χ4n) is 4.86. The van der Waals surface area contributed by atoms with E-state index in [1.165, 1.54) is 6.07 Å². The zero-order valence-corrected chi connectivity index (χ0v) is 21.5. The maximum atomic E-state index is 13.7. The smallest absolute Gasteiger partial charge is 0.251 e. The van der Waals surface area contributed by atoms with Crippen molar-refractivity contribution >= 4 is 34.9 Å². The fourth-order valence-corrected chi connectivity index (χ4v) is 5.17. The number of amidine groups is 1. The van der Waals surface area contributed by atoms with Crippen LogP contribution in [0.1, 0.15) is 58.9 Å². The first-order chi connectivity index (χ1) is 17.3. The van der Waals surface area contributed by atoms with E-state index in [1.807, 2.05) is 35.2 Å². The van der Waals surface area contributed by atoms with Crippen LogP contribution in [0.25, 0.3) is 11.1 Å². The average molecular weight is 525 g/mol. The number of hydrogen-bond donors (Lipinski definition) is 2. The van der Waals surface area contributed by atoms with Gasteiger partial charge in [0, 0.05) is 36.3 Å². The van der Waals surface area contributed by atoms with Crippen molar-refractivity contribution in [3.63, 3.8) is 0 Å². The molecule has 2 fully saturated rings. The number of pyridine rings is 1. The number of aromatic nitrogens is 1. The van der Waals surface area contributed by atoms with Crippen molar-refractivity contribution in [2.75, 3.05) is 6.54 Å². The molecule has 1 saturated carbocycles. The first kappa shape index (κ1) is 24.7. The Morgan fingerprint density at radius 1 is 1.17 bits per heavy atom. The fraction of sp³-hybridized carbons (Fsp3) is 0.321. The molecule has 1 atom stereocenters. The number of nitrogens with zero attached hydrogens (tertiary/aromatic N) is 2. The Kier molecular flexibility index (Phi) is 7.00. The lowest BCUT2D eigenvalue weighted by molar-refractivity contribution is 0.0931. The van der Waals surface area contributed by atoms with Gasteiger partial charge in [0.25, 0.3) is 5.91 Å². The maximum absolute atomic E-state index is 13.7. The van der Waals surface area contributed by atoms with E-state index in [0.29, 0.717) is 39.6 Å². The van der Waals surface area contributed by atoms with E-state index in [0.717, 1.165) is 54.5 Å². The Labute approximate surface area is 220 Å². The Morgan fingerprint density at radius 2 is 1.97 bits per heavy atom. The summed E-state index contributed by atoms with van der Waals surface area (Å²) in [7, 11) is 0. The molecule has 1 aliphatic heterocycles. The first-order valence-corrected chi connectivity index (χ1v) is 12.9. The average Bonchev–Trinajstić information content (AvgIpc) is 3.61. The Balaban J connectivity index is 1.49. The summed E-state index contributed by atoms with van der Waals surface area (Å²) in [4.78, 5) is 19.6. The predicted molar refractivity (Wildman–Crippen MR) is 141 cm³/mol. The largest absolute Gasteiger partial charge is 0.356 e. The second kappa shape index (κ2) is 10.2. The molecule has 2 N–H and O–H groups in total. The molecule has 2 aromatic carbocycles. The summed E-state index contributed by atoms with van der Waals surface area (Å²) in [5.74, 6) is 0.233. The van der Waals surface area contributed by atoms with Gasteiger partial charge in [-0.3, -0.25) is 10.2 Å². The van der Waals surface area contributed by atoms with Crippen LogP contribution in [0.2, 0.25) is 10.0 Å². The number of benzene rings is 2. The SMILES string of the molecule is Cc1nc(F)ccc1-c1cc(CN2CCCC2=N)cc(C(=O)NC(c2ccc(Cl)c(Cl)c2)C2CC2)c1. The van der Waals surface area contributed by atoms with E-state index in [1.54, 1.807) is 19.1 Å². The van der Waals surface area contributed by atoms with Crippen LogP contribution in [0.15, 0.2) is 48.5 Å². The zero-order chi connectivity index (χ0) is 25.4. The Morgan fingerprint density at radius 3 is 2.64 bits per heavy atom. The van der Waals surface area contributed by atoms with Gasteiger partial charge in [-0.05, 0) is 91.3 Å². The second-order valence-corrected chi connectivity index (χ2v) is 10.4. The third-order valence-electron chi connectivity index (χ3n) is 6.90. The molecule has 1 amide bonds. The summed E-state index contributed by atoms with van der Waals surface area (Å²) in [6.07, 6.45) is 3.79. The van der Waals surface area contributed by atoms with Crippen molar-refractivity contribution in [1.82, 2.24) is 15.2 Å². The highest BCUT2D eigenvalue weighted by molar-refractivity contribution is 6.42. The van der Waals surface area contributed by atoms with E-state index < -0.39 is 5.95 Å². The van der Waals surface area contributed by atoms with Crippen molar-refractivity contribution < 1.29 is 9.18 Å². The van der Waals surface area contributed by atoms with Gasteiger partial charge >= 0.3 is 0 Å². The summed E-state index contributed by atoms with van der Waals surface area (Å²) in [5, 5.41) is 12.4. The molecule has 5 rings (SSSR count). The van der Waals surface area contributed by atoms with Crippen LogP contribution in [0.5, 0.6) is 0 Å². The van der Waals surface area contributed by atoms with Gasteiger partial charge in [-0.15, -0.1) is 0 Å². The number of hydrogen-bond acceptors (Lipinski definition) is 3. The standard InChI is InChI=1S/C28H27Cl2FN4O/c1-16-22(7-9-25(31)33-16)20-11-17(15-35-10-2-3-26(35)32)12-21(13-20)28(36)34-27(18-4-5-18)19-6-8-23(29)24(30)14-19/h6-9,11-14,18,27,32H,2-5,10,15H2,1H3,(H,34,36). The molecule has 0 spiro atoms. The van der Waals surface area contributed by atoms with Gasteiger partial charge in [0.05, 0.1) is 21.9 Å². The molecule has 1 unspecified atom stereocenters. The number of nitrogens with one attached hydrogen (secondary N) is 2. The lowest BCUT2D eigenvalue weighted by Crippen LogP contribution is -2.30. The molecule has 2 heterocycles. The van der Waals surface area contributed by atoms with Gasteiger partial charge < -0.3 is 10.2 Å². The molecule has 0 radical (unpaired) electrons. The normalized spacial score (nSPS) is 16.3. The van der Waals surface area contributed by atoms with E-state index >= 15 is 0 Å². The highest BCUT2D eigenvalue weighted by Gasteiger charge is 2.34. The number of halogens is 3. The summed E-state index contributed by atoms with van der Waals surface area (Å²) in [6, 6.07) is 14.1. The van der Waals surface area contributed by atoms with Crippen molar-refractivity contribution in [2.45, 2.75) is 45.2 Å². The Bertz CT molecular complexity index is 1340. The molecule has 0 bridgehead atoms. The van der Waals surface area contributed by atoms with Crippen LogP contribution in [-0.2, 0) is 6.54 Å². The summed E-state index contributed by atoms with van der Waals surface area (Å²) in [5.41, 5.74) is 4.49. The third-order valence-corrected chi connectivity index (χ3v) is 7.64. The van der Waals surface area contributed by atoms with Crippen molar-refractivity contribution in [1.29, 1.82) is 5.41 Å². The molecule has 1 aromatic heterocycles. The molecule has 1 aliphatic carbocycles. The molecule has 36 heavy (non-hydrogen) atoms. The number of amides is 1. The molecule has 186 valence electrons. The number of rotatable bonds is 7. The Hall–Kier alpha value is -2.96. The topological polar surface area (TPSA) is 69.1 Å². The molecule has 5 nitrogen and oxygen atoms in total. The first-order valence-electron chi connectivity index (χ1n) is 12.1. The van der Waals surface area contributed by atoms with Gasteiger partial charge in [0.15, 0.2) is 0 Å². The summed E-state index contributed by atoms with van der Waals surface area (Å²) >= 11 is 12.4. The van der Waals surface area contributed by atoms with Crippen LogP contribution in [0.4, 0.5) is 4.39 Å². The van der Waals surface area contributed by atoms with E-state index in [9.17, 15) is 9.18 Å². The van der Waals surface area contributed by atoms with Crippen molar-refractivity contribution in [2.24, 2.45) is 5.92 Å². The van der Waals surface area contributed by atoms with Crippen LogP contribution < -0.4 is 5.32 Å². The van der Waals surface area contributed by atoms with Gasteiger partial charge in [-0.2, -0.15) is 4.39 Å². The number of aryl methyl sites for hydroxylation is 1. The van der Waals surface area contributed by atoms with E-state index in [-0.39, 0.29) is 11.9 Å². The predicted octanol–water partition coefficient (Wildman–Crippen LogP) is 6.96. The van der Waals surface area contributed by atoms with Gasteiger partial charge in [0.2, 0.25) is 5.95 Å². The lowest BCUT2D eigenvalue weighted by atomic mass is 9.97. The summed E-state index contributed by atoms with van der Waals surface area (Å²) < 4.78 is 13.7. The minimum absolute atomic E-state index is 0.166. The lowest BCUT2D eigenvalue weighted by Gasteiger charge is -2.21. The third kappa shape index (κ3) is 5.40. The van der Waals surface area contributed by atoms with Crippen LogP contribution >= 0.6 is 23.2 Å². The molecule has 8 heteroatoms. The number of likely N-dealkylation sites (tertiary alicyclic amines) is 1. The molecule has 1 saturated heterocycles. The maximum Gasteiger partial charge on any atom is 0.251 e.